The van der Waals surface area contributed by atoms with Gasteiger partial charge in [0, 0.05) is 29.1 Å². The van der Waals surface area contributed by atoms with E-state index in [-0.39, 0.29) is 11.7 Å². The van der Waals surface area contributed by atoms with Crippen molar-refractivity contribution in [3.63, 3.8) is 0 Å². The molecule has 0 aliphatic carbocycles. The Bertz CT molecular complexity index is 1910. The lowest BCUT2D eigenvalue weighted by molar-refractivity contribution is 0.559. The van der Waals surface area contributed by atoms with Crippen LogP contribution in [-0.2, 0) is 0 Å². The summed E-state index contributed by atoms with van der Waals surface area (Å²) in [5.74, 6) is 0. The third-order valence-electron chi connectivity index (χ3n) is 7.33. The van der Waals surface area contributed by atoms with E-state index >= 15 is 0 Å². The second kappa shape index (κ2) is 9.82. The number of fused-ring (bicyclic) bond motifs is 1. The number of benzene rings is 4. The normalized spacial score (nSPS) is 15.0. The van der Waals surface area contributed by atoms with Gasteiger partial charge in [-0.15, -0.1) is 0 Å². The largest absolute Gasteiger partial charge is 0.422 e. The van der Waals surface area contributed by atoms with E-state index < -0.39 is 0 Å². The fourth-order valence-electron chi connectivity index (χ4n) is 5.28. The van der Waals surface area contributed by atoms with Crippen molar-refractivity contribution in [1.82, 2.24) is 9.78 Å². The average Bonchev–Trinajstić information content (AvgIpc) is 3.63. The van der Waals surface area contributed by atoms with Gasteiger partial charge in [-0.05, 0) is 43.3 Å². The van der Waals surface area contributed by atoms with Crippen LogP contribution in [0.25, 0.3) is 27.9 Å². The molecule has 0 fully saturated rings. The van der Waals surface area contributed by atoms with Crippen LogP contribution in [0.15, 0.2) is 136 Å². The van der Waals surface area contributed by atoms with Crippen LogP contribution in [0.5, 0.6) is 0 Å². The minimum atomic E-state index is -0.384. The lowest BCUT2D eigenvalue weighted by Crippen LogP contribution is -2.19. The summed E-state index contributed by atoms with van der Waals surface area (Å²) < 4.78 is 7.61. The Labute approximate surface area is 231 Å². The molecular weight excluding hydrogens is 496 g/mol. The zero-order valence-electron chi connectivity index (χ0n) is 21.9. The highest BCUT2D eigenvalue weighted by molar-refractivity contribution is 6.04. The molecule has 1 atom stereocenters. The molecule has 6 aromatic rings. The topological polar surface area (TPSA) is 63.6 Å². The lowest BCUT2D eigenvalue weighted by atomic mass is 9.96. The van der Waals surface area contributed by atoms with E-state index in [0.717, 1.165) is 33.6 Å². The van der Waals surface area contributed by atoms with E-state index in [4.69, 9.17) is 14.6 Å². The zero-order chi connectivity index (χ0) is 27.1. The number of nitrogens with zero attached hydrogens (tertiary/aromatic N) is 4. The molecule has 0 amide bonds. The van der Waals surface area contributed by atoms with Gasteiger partial charge in [0.1, 0.15) is 5.58 Å². The molecule has 1 aliphatic rings. The van der Waals surface area contributed by atoms with Crippen molar-refractivity contribution < 1.29 is 4.42 Å². The molecule has 0 saturated heterocycles. The molecule has 40 heavy (non-hydrogen) atoms. The van der Waals surface area contributed by atoms with Crippen molar-refractivity contribution in [2.24, 2.45) is 5.10 Å². The second-order valence-corrected chi connectivity index (χ2v) is 10.0. The monoisotopic (exact) mass is 522 g/mol. The Morgan fingerprint density at radius 3 is 2.23 bits per heavy atom. The van der Waals surface area contributed by atoms with E-state index in [1.807, 2.05) is 101 Å². The molecule has 6 nitrogen and oxygen atoms in total. The summed E-state index contributed by atoms with van der Waals surface area (Å²) in [4.78, 5) is 13.1. The molecule has 4 aromatic carbocycles. The molecule has 6 heteroatoms. The van der Waals surface area contributed by atoms with E-state index in [9.17, 15) is 4.79 Å². The Kier molecular flexibility index (Phi) is 5.86. The van der Waals surface area contributed by atoms with Gasteiger partial charge in [-0.3, -0.25) is 5.01 Å². The summed E-state index contributed by atoms with van der Waals surface area (Å²) in [7, 11) is 0. The second-order valence-electron chi connectivity index (χ2n) is 10.0. The maximum Gasteiger partial charge on any atom is 0.345 e. The molecule has 3 heterocycles. The van der Waals surface area contributed by atoms with Crippen molar-refractivity contribution in [3.8, 4) is 16.9 Å². The van der Waals surface area contributed by atoms with Crippen LogP contribution in [0.4, 0.5) is 5.69 Å². The number of anilines is 1. The van der Waals surface area contributed by atoms with E-state index in [1.54, 1.807) is 0 Å². The van der Waals surface area contributed by atoms with Gasteiger partial charge in [-0.2, -0.15) is 10.2 Å². The number of hydrazone groups is 1. The first kappa shape index (κ1) is 23.9. The van der Waals surface area contributed by atoms with Crippen LogP contribution < -0.4 is 10.6 Å². The van der Waals surface area contributed by atoms with Crippen molar-refractivity contribution >= 4 is 22.4 Å². The predicted octanol–water partition coefficient (Wildman–Crippen LogP) is 7.31. The van der Waals surface area contributed by atoms with Crippen molar-refractivity contribution in [1.29, 1.82) is 0 Å². The Balaban J connectivity index is 1.39. The highest BCUT2D eigenvalue weighted by Crippen LogP contribution is 2.40. The first-order chi connectivity index (χ1) is 19.6. The van der Waals surface area contributed by atoms with E-state index in [2.05, 4.69) is 37.4 Å². The van der Waals surface area contributed by atoms with Crippen LogP contribution >= 0.6 is 0 Å². The molecule has 7 rings (SSSR count). The number of para-hydroxylation sites is 3. The smallest absolute Gasteiger partial charge is 0.345 e. The highest BCUT2D eigenvalue weighted by Gasteiger charge is 2.34. The summed E-state index contributed by atoms with van der Waals surface area (Å²) in [6.45, 7) is 2.08. The minimum Gasteiger partial charge on any atom is -0.422 e. The fraction of sp³-hybridized carbons (Fsp3) is 0.0882. The molecule has 1 aliphatic heterocycles. The van der Waals surface area contributed by atoms with Crippen molar-refractivity contribution in [2.75, 3.05) is 5.01 Å². The third kappa shape index (κ3) is 4.29. The van der Waals surface area contributed by atoms with E-state index in [0.29, 0.717) is 23.3 Å². The van der Waals surface area contributed by atoms with Gasteiger partial charge in [-0.1, -0.05) is 84.4 Å². The van der Waals surface area contributed by atoms with Crippen LogP contribution in [0.1, 0.15) is 29.2 Å². The van der Waals surface area contributed by atoms with Crippen LogP contribution in [-0.4, -0.2) is 15.5 Å². The van der Waals surface area contributed by atoms with Gasteiger partial charge in [0.2, 0.25) is 0 Å². The van der Waals surface area contributed by atoms with Gasteiger partial charge >= 0.3 is 5.63 Å². The molecule has 0 spiro atoms. The molecule has 0 N–H and O–H groups in total. The lowest BCUT2D eigenvalue weighted by Gasteiger charge is -2.23. The van der Waals surface area contributed by atoms with Gasteiger partial charge in [0.15, 0.2) is 0 Å². The van der Waals surface area contributed by atoms with Gasteiger partial charge in [0.25, 0.3) is 0 Å². The number of aryl methyl sites for hydroxylation is 1. The Hall–Kier alpha value is -5.23. The first-order valence-electron chi connectivity index (χ1n) is 13.3. The van der Waals surface area contributed by atoms with Gasteiger partial charge in [-0.25, -0.2) is 9.48 Å². The molecule has 1 unspecified atom stereocenters. The Morgan fingerprint density at radius 2 is 1.48 bits per heavy atom. The number of hydrogen-bond donors (Lipinski definition) is 0. The third-order valence-corrected chi connectivity index (χ3v) is 7.33. The predicted molar refractivity (Wildman–Crippen MR) is 159 cm³/mol. The molecule has 0 bridgehead atoms. The fourth-order valence-corrected chi connectivity index (χ4v) is 5.28. The molecule has 194 valence electrons. The zero-order valence-corrected chi connectivity index (χ0v) is 21.9. The maximum absolute atomic E-state index is 13.1. The standard InChI is InChI=1S/C34H26N4O2/c1-23-16-18-24(19-17-23)33-29(22-37(36-33)26-11-4-2-5-12-26)31-21-30(35-38(31)27-13-6-3-7-14-27)28-20-25-10-8-9-15-32(25)40-34(28)39/h2-20,22,31H,21H2,1H3. The first-order valence-corrected chi connectivity index (χ1v) is 13.3. The number of rotatable bonds is 5. The molecule has 0 radical (unpaired) electrons. The maximum atomic E-state index is 13.1. The summed E-state index contributed by atoms with van der Waals surface area (Å²) in [6, 6.07) is 37.8. The summed E-state index contributed by atoms with van der Waals surface area (Å²) in [5.41, 5.74) is 7.40. The van der Waals surface area contributed by atoms with Crippen LogP contribution in [0.3, 0.4) is 0 Å². The number of aromatic nitrogens is 2. The number of hydrogen-bond acceptors (Lipinski definition) is 5. The summed E-state index contributed by atoms with van der Waals surface area (Å²) in [6.07, 6.45) is 2.61. The van der Waals surface area contributed by atoms with Crippen LogP contribution in [0, 0.1) is 6.92 Å². The van der Waals surface area contributed by atoms with Crippen LogP contribution in [0.2, 0.25) is 0 Å². The SMILES string of the molecule is Cc1ccc(-c2nn(-c3ccccc3)cc2C2CC(c3cc4ccccc4oc3=O)=NN2c2ccccc2)cc1. The quantitative estimate of drug-likeness (QED) is 0.223. The molecule has 2 aromatic heterocycles. The highest BCUT2D eigenvalue weighted by atomic mass is 16.4. The molecular formula is C34H26N4O2. The van der Waals surface area contributed by atoms with Gasteiger partial charge < -0.3 is 4.42 Å². The minimum absolute atomic E-state index is 0.183. The molecule has 0 saturated carbocycles. The van der Waals surface area contributed by atoms with Crippen molar-refractivity contribution in [3.05, 3.63) is 149 Å². The summed E-state index contributed by atoms with van der Waals surface area (Å²) in [5, 5.41) is 13.0. The average molecular weight is 523 g/mol. The van der Waals surface area contributed by atoms with Crippen molar-refractivity contribution in [2.45, 2.75) is 19.4 Å². The van der Waals surface area contributed by atoms with E-state index in [1.165, 1.54) is 5.56 Å². The Morgan fingerprint density at radius 1 is 0.800 bits per heavy atom. The summed E-state index contributed by atoms with van der Waals surface area (Å²) >= 11 is 0. The van der Waals surface area contributed by atoms with Gasteiger partial charge in [0.05, 0.1) is 34.4 Å².